The molecule has 0 N–H and O–H groups in total. The van der Waals surface area contributed by atoms with Crippen molar-refractivity contribution in [1.29, 1.82) is 0 Å². The zero-order valence-electron chi connectivity index (χ0n) is 2.62. The average Bonchev–Trinajstić information content (AvgIpc) is 1.79. The molecule has 1 aliphatic carbocycles. The predicted octanol–water partition coefficient (Wildman–Crippen LogP) is 1.07. The molecule has 0 heterocycles. The number of halogens is 2. The van der Waals surface area contributed by atoms with Crippen molar-refractivity contribution in [2.45, 2.75) is 18.8 Å². The first-order chi connectivity index (χ1) is 2.30. The van der Waals surface area contributed by atoms with Gasteiger partial charge in [-0.1, -0.05) is 0 Å². The van der Waals surface area contributed by atoms with E-state index >= 15 is 0 Å². The highest BCUT2D eigenvalue weighted by Gasteiger charge is 2.37. The van der Waals surface area contributed by atoms with Crippen LogP contribution in [0, 0.1) is 0 Å². The van der Waals surface area contributed by atoms with Gasteiger partial charge in [0.25, 0.3) is 0 Å². The molecule has 0 aromatic rings. The molecular formula is C3H4F2. The second-order valence-electron chi connectivity index (χ2n) is 1.27. The topological polar surface area (TPSA) is 0 Å². The quantitative estimate of drug-likeness (QED) is 0.406. The van der Waals surface area contributed by atoms with Crippen molar-refractivity contribution in [3.8, 4) is 0 Å². The van der Waals surface area contributed by atoms with E-state index in [1.54, 1.807) is 0 Å². The Hall–Kier alpha value is -0.140. The summed E-state index contributed by atoms with van der Waals surface area (Å²) in [4.78, 5) is 0. The van der Waals surface area contributed by atoms with E-state index in [1.165, 1.54) is 0 Å². The predicted molar refractivity (Wildman–Crippen MR) is 14.4 cm³/mol. The van der Waals surface area contributed by atoms with Gasteiger partial charge < -0.3 is 0 Å². The molecule has 2 atom stereocenters. The summed E-state index contributed by atoms with van der Waals surface area (Å²) in [6.07, 6.45) is -2.09. The van der Waals surface area contributed by atoms with Crippen molar-refractivity contribution < 1.29 is 8.78 Å². The Morgan fingerprint density at radius 3 is 1.40 bits per heavy atom. The molecule has 0 aliphatic heterocycles. The third kappa shape index (κ3) is 0.389. The fourth-order valence-electron chi connectivity index (χ4n) is 0.137. The van der Waals surface area contributed by atoms with Crippen molar-refractivity contribution in [3.63, 3.8) is 0 Å². The first-order valence-electron chi connectivity index (χ1n) is 1.59. The molecule has 0 unspecified atom stereocenters. The lowest BCUT2D eigenvalue weighted by atomic mass is 10.9. The van der Waals surface area contributed by atoms with Crippen LogP contribution in [0.4, 0.5) is 8.78 Å². The van der Waals surface area contributed by atoms with Crippen molar-refractivity contribution in [2.24, 2.45) is 0 Å². The Morgan fingerprint density at radius 2 is 1.40 bits per heavy atom. The Bertz CT molecular complexity index is 38.2. The third-order valence-electron chi connectivity index (χ3n) is 0.640. The highest BCUT2D eigenvalue weighted by molar-refractivity contribution is 4.85. The van der Waals surface area contributed by atoms with Crippen LogP contribution in [0.3, 0.4) is 0 Å². The van der Waals surface area contributed by atoms with E-state index in [2.05, 4.69) is 0 Å². The zero-order valence-corrected chi connectivity index (χ0v) is 2.62. The number of alkyl halides is 2. The lowest BCUT2D eigenvalue weighted by Crippen LogP contribution is -1.68. The highest BCUT2D eigenvalue weighted by atomic mass is 19.2. The molecule has 0 aromatic heterocycles. The van der Waals surface area contributed by atoms with Crippen molar-refractivity contribution in [1.82, 2.24) is 0 Å². The molecular weight excluding hydrogens is 74.0 g/mol. The fourth-order valence-corrected chi connectivity index (χ4v) is 0.137. The standard InChI is InChI=1S/C3H4F2/c4-2-1-3(2)5/h2-3H,1H2/t2-,3-/m1/s1. The van der Waals surface area contributed by atoms with E-state index in [0.717, 1.165) is 0 Å². The van der Waals surface area contributed by atoms with Gasteiger partial charge in [0, 0.05) is 6.42 Å². The van der Waals surface area contributed by atoms with Crippen LogP contribution in [0.1, 0.15) is 6.42 Å². The van der Waals surface area contributed by atoms with Gasteiger partial charge in [0.1, 0.15) is 12.3 Å². The Morgan fingerprint density at radius 1 is 1.20 bits per heavy atom. The molecule has 1 rings (SSSR count). The van der Waals surface area contributed by atoms with Crippen molar-refractivity contribution in [3.05, 3.63) is 0 Å². The summed E-state index contributed by atoms with van der Waals surface area (Å²) in [5.41, 5.74) is 0. The Kier molecular flexibility index (Phi) is 0.411. The molecule has 0 bridgehead atoms. The molecule has 5 heavy (non-hydrogen) atoms. The van der Waals surface area contributed by atoms with Crippen molar-refractivity contribution >= 4 is 0 Å². The normalized spacial score (nSPS) is 49.2. The minimum atomic E-state index is -1.12. The van der Waals surface area contributed by atoms with Gasteiger partial charge in [-0.25, -0.2) is 8.78 Å². The van der Waals surface area contributed by atoms with Crippen LogP contribution in [0.2, 0.25) is 0 Å². The van der Waals surface area contributed by atoms with Gasteiger partial charge in [0.2, 0.25) is 0 Å². The lowest BCUT2D eigenvalue weighted by Gasteiger charge is -1.60. The first-order valence-corrected chi connectivity index (χ1v) is 1.59. The first kappa shape index (κ1) is 3.07. The summed E-state index contributed by atoms with van der Waals surface area (Å²) in [6.45, 7) is 0. The maximum Gasteiger partial charge on any atom is 0.134 e. The molecule has 0 aromatic carbocycles. The lowest BCUT2D eigenvalue weighted by molar-refractivity contribution is 0.372. The number of hydrogen-bond donors (Lipinski definition) is 0. The molecule has 0 radical (unpaired) electrons. The SMILES string of the molecule is F[C@@H]1C[C@H]1F. The van der Waals surface area contributed by atoms with Crippen LogP contribution in [0.15, 0.2) is 0 Å². The molecule has 0 nitrogen and oxygen atoms in total. The Balaban J connectivity index is 2.20. The molecule has 1 aliphatic rings. The number of rotatable bonds is 0. The van der Waals surface area contributed by atoms with Crippen LogP contribution < -0.4 is 0 Å². The molecule has 1 saturated carbocycles. The van der Waals surface area contributed by atoms with Crippen LogP contribution in [-0.4, -0.2) is 12.3 Å². The molecule has 30 valence electrons. The number of hydrogen-bond acceptors (Lipinski definition) is 0. The van der Waals surface area contributed by atoms with E-state index in [1.807, 2.05) is 0 Å². The summed E-state index contributed by atoms with van der Waals surface area (Å²) in [6, 6.07) is 0. The minimum absolute atomic E-state index is 0.139. The van der Waals surface area contributed by atoms with E-state index in [0.29, 0.717) is 0 Å². The van der Waals surface area contributed by atoms with Gasteiger partial charge in [-0.05, 0) is 0 Å². The smallest absolute Gasteiger partial charge is 0.134 e. The summed E-state index contributed by atoms with van der Waals surface area (Å²) in [7, 11) is 0. The fraction of sp³-hybridized carbons (Fsp3) is 1.00. The average molecular weight is 78.1 g/mol. The maximum absolute atomic E-state index is 11.1. The summed E-state index contributed by atoms with van der Waals surface area (Å²) in [5.74, 6) is 0. The summed E-state index contributed by atoms with van der Waals surface area (Å²) in [5, 5.41) is 0. The molecule has 0 amide bonds. The Labute approximate surface area is 28.8 Å². The van der Waals surface area contributed by atoms with Crippen LogP contribution >= 0.6 is 0 Å². The van der Waals surface area contributed by atoms with Crippen molar-refractivity contribution in [2.75, 3.05) is 0 Å². The molecule has 0 spiro atoms. The van der Waals surface area contributed by atoms with Gasteiger partial charge in [-0.15, -0.1) is 0 Å². The van der Waals surface area contributed by atoms with Gasteiger partial charge in [-0.2, -0.15) is 0 Å². The maximum atomic E-state index is 11.1. The zero-order chi connectivity index (χ0) is 3.86. The molecule has 0 saturated heterocycles. The highest BCUT2D eigenvalue weighted by Crippen LogP contribution is 2.27. The third-order valence-corrected chi connectivity index (χ3v) is 0.640. The summed E-state index contributed by atoms with van der Waals surface area (Å²) >= 11 is 0. The minimum Gasteiger partial charge on any atom is -0.244 e. The van der Waals surface area contributed by atoms with E-state index in [4.69, 9.17) is 0 Å². The molecule has 1 fully saturated rings. The van der Waals surface area contributed by atoms with Crippen LogP contribution in [0.5, 0.6) is 0 Å². The largest absolute Gasteiger partial charge is 0.244 e. The second-order valence-corrected chi connectivity index (χ2v) is 1.27. The van der Waals surface area contributed by atoms with Gasteiger partial charge in [0.15, 0.2) is 0 Å². The second kappa shape index (κ2) is 0.671. The van der Waals surface area contributed by atoms with Crippen LogP contribution in [-0.2, 0) is 0 Å². The van der Waals surface area contributed by atoms with E-state index < -0.39 is 12.3 Å². The van der Waals surface area contributed by atoms with E-state index in [-0.39, 0.29) is 6.42 Å². The monoisotopic (exact) mass is 78.0 g/mol. The van der Waals surface area contributed by atoms with Gasteiger partial charge in [0.05, 0.1) is 0 Å². The summed E-state index contributed by atoms with van der Waals surface area (Å²) < 4.78 is 22.3. The van der Waals surface area contributed by atoms with Gasteiger partial charge >= 0.3 is 0 Å². The molecule has 2 heteroatoms. The van der Waals surface area contributed by atoms with Crippen LogP contribution in [0.25, 0.3) is 0 Å². The van der Waals surface area contributed by atoms with Gasteiger partial charge in [-0.3, -0.25) is 0 Å². The van der Waals surface area contributed by atoms with E-state index in [9.17, 15) is 8.78 Å².